The summed E-state index contributed by atoms with van der Waals surface area (Å²) in [5, 5.41) is 1.70. The average Bonchev–Trinajstić information content (AvgIpc) is 2.39. The zero-order valence-electron chi connectivity index (χ0n) is 10.6. The molecule has 0 aliphatic rings. The monoisotopic (exact) mass is 281 g/mol. The van der Waals surface area contributed by atoms with Gasteiger partial charge in [-0.05, 0) is 30.4 Å². The fourth-order valence-corrected chi connectivity index (χ4v) is 2.89. The summed E-state index contributed by atoms with van der Waals surface area (Å²) >= 11 is 8.10. The van der Waals surface area contributed by atoms with Gasteiger partial charge in [0.25, 0.3) is 0 Å². The number of fused-ring (bicyclic) bond motifs is 1. The molecular formula is C14H16ClNOS. The molecule has 4 heteroatoms. The van der Waals surface area contributed by atoms with Crippen molar-refractivity contribution in [3.63, 3.8) is 0 Å². The molecule has 96 valence electrons. The van der Waals surface area contributed by atoms with Crippen molar-refractivity contribution in [2.45, 2.75) is 19.1 Å². The maximum absolute atomic E-state index is 6.21. The van der Waals surface area contributed by atoms with Crippen molar-refractivity contribution in [2.24, 2.45) is 0 Å². The van der Waals surface area contributed by atoms with Crippen LogP contribution in [-0.4, -0.2) is 17.8 Å². The largest absolute Gasteiger partial charge is 0.497 e. The van der Waals surface area contributed by atoms with Crippen LogP contribution in [0, 0.1) is 0 Å². The van der Waals surface area contributed by atoms with E-state index in [0.717, 1.165) is 33.7 Å². The van der Waals surface area contributed by atoms with Gasteiger partial charge in [-0.25, -0.2) is 4.98 Å². The third kappa shape index (κ3) is 3.09. The van der Waals surface area contributed by atoms with E-state index in [-0.39, 0.29) is 0 Å². The molecule has 2 rings (SSSR count). The molecular weight excluding hydrogens is 266 g/mol. The fourth-order valence-electron chi connectivity index (χ4n) is 1.72. The first-order valence-corrected chi connectivity index (χ1v) is 7.48. The van der Waals surface area contributed by atoms with E-state index < -0.39 is 0 Å². The van der Waals surface area contributed by atoms with Crippen molar-refractivity contribution < 1.29 is 4.74 Å². The Hall–Kier alpha value is -0.930. The topological polar surface area (TPSA) is 22.1 Å². The lowest BCUT2D eigenvalue weighted by Crippen LogP contribution is -1.90. The Bertz CT molecular complexity index is 545. The molecule has 0 aliphatic heterocycles. The zero-order chi connectivity index (χ0) is 13.0. The highest BCUT2D eigenvalue weighted by molar-refractivity contribution is 7.98. The van der Waals surface area contributed by atoms with Crippen molar-refractivity contribution in [1.82, 2.24) is 4.98 Å². The van der Waals surface area contributed by atoms with Gasteiger partial charge in [-0.1, -0.05) is 18.5 Å². The third-order valence-corrected chi connectivity index (χ3v) is 4.20. The number of benzene rings is 1. The quantitative estimate of drug-likeness (QED) is 0.593. The summed E-state index contributed by atoms with van der Waals surface area (Å²) in [6, 6.07) is 7.99. The Morgan fingerprint density at radius 3 is 2.89 bits per heavy atom. The molecule has 2 nitrogen and oxygen atoms in total. The summed E-state index contributed by atoms with van der Waals surface area (Å²) in [5.74, 6) is 2.87. The van der Waals surface area contributed by atoms with Crippen LogP contribution in [0.3, 0.4) is 0 Å². The van der Waals surface area contributed by atoms with E-state index in [0.29, 0.717) is 5.15 Å². The van der Waals surface area contributed by atoms with Crippen LogP contribution in [0.15, 0.2) is 24.3 Å². The molecule has 18 heavy (non-hydrogen) atoms. The second-order valence-electron chi connectivity index (χ2n) is 4.05. The summed E-state index contributed by atoms with van der Waals surface area (Å²) in [5.41, 5.74) is 1.98. The molecule has 0 spiro atoms. The number of hydrogen-bond donors (Lipinski definition) is 0. The van der Waals surface area contributed by atoms with Gasteiger partial charge >= 0.3 is 0 Å². The number of thioether (sulfide) groups is 1. The number of halogens is 1. The minimum Gasteiger partial charge on any atom is -0.497 e. The van der Waals surface area contributed by atoms with Gasteiger partial charge < -0.3 is 4.74 Å². The van der Waals surface area contributed by atoms with Crippen LogP contribution in [0.2, 0.25) is 5.15 Å². The van der Waals surface area contributed by atoms with Gasteiger partial charge in [0.2, 0.25) is 0 Å². The summed E-state index contributed by atoms with van der Waals surface area (Å²) < 4.78 is 5.18. The molecule has 0 N–H and O–H groups in total. The molecule has 0 amide bonds. The first kappa shape index (κ1) is 13.5. The highest BCUT2D eigenvalue weighted by atomic mass is 35.5. The van der Waals surface area contributed by atoms with Crippen LogP contribution in [0.4, 0.5) is 0 Å². The number of hydrogen-bond acceptors (Lipinski definition) is 3. The van der Waals surface area contributed by atoms with E-state index in [4.69, 9.17) is 16.3 Å². The van der Waals surface area contributed by atoms with Gasteiger partial charge in [0.15, 0.2) is 0 Å². The first-order valence-electron chi connectivity index (χ1n) is 5.95. The van der Waals surface area contributed by atoms with Gasteiger partial charge in [-0.15, -0.1) is 0 Å². The van der Waals surface area contributed by atoms with E-state index in [9.17, 15) is 0 Å². The van der Waals surface area contributed by atoms with Gasteiger partial charge in [-0.3, -0.25) is 0 Å². The molecule has 0 bridgehead atoms. The number of aromatic nitrogens is 1. The predicted octanol–water partition coefficient (Wildman–Crippen LogP) is 4.54. The molecule has 0 saturated heterocycles. The molecule has 0 atom stereocenters. The summed E-state index contributed by atoms with van der Waals surface area (Å²) in [6.45, 7) is 2.18. The van der Waals surface area contributed by atoms with E-state index in [1.54, 1.807) is 7.11 Å². The Kier molecular flexibility index (Phi) is 4.72. The van der Waals surface area contributed by atoms with Gasteiger partial charge in [0.05, 0.1) is 12.6 Å². The molecule has 2 aromatic rings. The summed E-state index contributed by atoms with van der Waals surface area (Å²) in [6.07, 6.45) is 1.18. The molecule has 1 aromatic heterocycles. The fraction of sp³-hybridized carbons (Fsp3) is 0.357. The van der Waals surface area contributed by atoms with Crippen molar-refractivity contribution in [3.05, 3.63) is 35.0 Å². The highest BCUT2D eigenvalue weighted by Gasteiger charge is 2.06. The molecule has 0 saturated carbocycles. The maximum atomic E-state index is 6.21. The van der Waals surface area contributed by atoms with Crippen LogP contribution >= 0.6 is 23.4 Å². The number of rotatable bonds is 5. The Morgan fingerprint density at radius 2 is 2.17 bits per heavy atom. The highest BCUT2D eigenvalue weighted by Crippen LogP contribution is 2.26. The minimum absolute atomic E-state index is 0.597. The van der Waals surface area contributed by atoms with Crippen molar-refractivity contribution in [3.8, 4) is 5.75 Å². The first-order chi connectivity index (χ1) is 8.74. The lowest BCUT2D eigenvalue weighted by molar-refractivity contribution is 0.415. The Morgan fingerprint density at radius 1 is 1.33 bits per heavy atom. The third-order valence-electron chi connectivity index (χ3n) is 2.66. The van der Waals surface area contributed by atoms with Gasteiger partial charge in [0, 0.05) is 22.8 Å². The normalized spacial score (nSPS) is 10.8. The van der Waals surface area contributed by atoms with Crippen LogP contribution in [-0.2, 0) is 5.75 Å². The van der Waals surface area contributed by atoms with E-state index in [2.05, 4.69) is 18.0 Å². The summed E-state index contributed by atoms with van der Waals surface area (Å²) in [7, 11) is 1.65. The van der Waals surface area contributed by atoms with E-state index >= 15 is 0 Å². The Labute approximate surface area is 117 Å². The van der Waals surface area contributed by atoms with Crippen LogP contribution in [0.25, 0.3) is 10.9 Å². The van der Waals surface area contributed by atoms with Crippen molar-refractivity contribution in [1.29, 1.82) is 0 Å². The standard InChI is InChI=1S/C14H16ClNOS/c1-3-6-18-9-11-7-10-4-5-12(17-2)8-13(10)16-14(11)15/h4-5,7-8H,3,6,9H2,1-2H3. The second kappa shape index (κ2) is 6.30. The van der Waals surface area contributed by atoms with Crippen molar-refractivity contribution in [2.75, 3.05) is 12.9 Å². The smallest absolute Gasteiger partial charge is 0.133 e. The average molecular weight is 282 g/mol. The Balaban J connectivity index is 2.30. The number of pyridine rings is 1. The molecule has 1 heterocycles. The molecule has 0 unspecified atom stereocenters. The zero-order valence-corrected chi connectivity index (χ0v) is 12.1. The lowest BCUT2D eigenvalue weighted by Gasteiger charge is -2.07. The van der Waals surface area contributed by atoms with Crippen LogP contribution in [0.1, 0.15) is 18.9 Å². The lowest BCUT2D eigenvalue weighted by atomic mass is 10.1. The van der Waals surface area contributed by atoms with Gasteiger partial charge in [-0.2, -0.15) is 11.8 Å². The van der Waals surface area contributed by atoms with Crippen LogP contribution < -0.4 is 4.74 Å². The molecule has 0 radical (unpaired) electrons. The van der Waals surface area contributed by atoms with E-state index in [1.807, 2.05) is 30.0 Å². The number of ether oxygens (including phenoxy) is 1. The summed E-state index contributed by atoms with van der Waals surface area (Å²) in [4.78, 5) is 4.44. The SMILES string of the molecule is CCCSCc1cc2ccc(OC)cc2nc1Cl. The minimum atomic E-state index is 0.597. The van der Waals surface area contributed by atoms with E-state index in [1.165, 1.54) is 6.42 Å². The second-order valence-corrected chi connectivity index (χ2v) is 5.51. The van der Waals surface area contributed by atoms with Crippen molar-refractivity contribution >= 4 is 34.3 Å². The number of methoxy groups -OCH3 is 1. The van der Waals surface area contributed by atoms with Crippen LogP contribution in [0.5, 0.6) is 5.75 Å². The molecule has 1 aromatic carbocycles. The van der Waals surface area contributed by atoms with Gasteiger partial charge in [0.1, 0.15) is 10.9 Å². The molecule has 0 aliphatic carbocycles. The predicted molar refractivity (Wildman–Crippen MR) is 79.8 cm³/mol. The maximum Gasteiger partial charge on any atom is 0.133 e. The molecule has 0 fully saturated rings. The number of nitrogens with zero attached hydrogens (tertiary/aromatic N) is 1.